The Balaban J connectivity index is 1.44. The summed E-state index contributed by atoms with van der Waals surface area (Å²) in [6.45, 7) is 4.29. The van der Waals surface area contributed by atoms with Crippen molar-refractivity contribution in [2.24, 2.45) is 0 Å². The Morgan fingerprint density at radius 3 is 2.75 bits per heavy atom. The Morgan fingerprint density at radius 2 is 1.96 bits per heavy atom. The minimum absolute atomic E-state index is 0.283. The third kappa shape index (κ3) is 3.37. The molecule has 1 aromatic carbocycles. The third-order valence-corrected chi connectivity index (χ3v) is 4.61. The second kappa shape index (κ2) is 6.80. The molecule has 1 saturated heterocycles. The van der Waals surface area contributed by atoms with Crippen molar-refractivity contribution in [2.75, 3.05) is 26.3 Å². The molecule has 0 saturated carbocycles. The van der Waals surface area contributed by atoms with E-state index in [9.17, 15) is 4.39 Å². The Hall–Kier alpha value is -2.10. The van der Waals surface area contributed by atoms with Gasteiger partial charge in [-0.3, -0.25) is 4.90 Å². The Bertz CT molecular complexity index is 813. The van der Waals surface area contributed by atoms with Gasteiger partial charge in [0.05, 0.1) is 19.8 Å². The van der Waals surface area contributed by atoms with Gasteiger partial charge in [-0.2, -0.15) is 9.61 Å². The van der Waals surface area contributed by atoms with E-state index in [1.54, 1.807) is 16.6 Å². The van der Waals surface area contributed by atoms with Gasteiger partial charge in [0.25, 0.3) is 0 Å². The van der Waals surface area contributed by atoms with E-state index in [2.05, 4.69) is 20.2 Å². The molecule has 0 amide bonds. The van der Waals surface area contributed by atoms with E-state index in [1.165, 1.54) is 23.5 Å². The number of hydrogen-bond donors (Lipinski definition) is 0. The zero-order valence-electron chi connectivity index (χ0n) is 12.9. The molecule has 3 aromatic rings. The highest BCUT2D eigenvalue weighted by Gasteiger charge is 2.17. The number of fused-ring (bicyclic) bond motifs is 1. The van der Waals surface area contributed by atoms with Gasteiger partial charge < -0.3 is 9.47 Å². The van der Waals surface area contributed by atoms with Crippen LogP contribution in [0.25, 0.3) is 4.96 Å². The molecule has 2 aromatic heterocycles. The zero-order valence-corrected chi connectivity index (χ0v) is 13.7. The fourth-order valence-electron chi connectivity index (χ4n) is 2.49. The highest BCUT2D eigenvalue weighted by molar-refractivity contribution is 7.16. The highest BCUT2D eigenvalue weighted by Crippen LogP contribution is 2.18. The van der Waals surface area contributed by atoms with Gasteiger partial charge in [-0.15, -0.1) is 10.2 Å². The molecule has 0 spiro atoms. The summed E-state index contributed by atoms with van der Waals surface area (Å²) in [5, 5.41) is 13.7. The van der Waals surface area contributed by atoms with Gasteiger partial charge in [0.2, 0.25) is 4.96 Å². The second-order valence-corrected chi connectivity index (χ2v) is 6.48. The summed E-state index contributed by atoms with van der Waals surface area (Å²) in [4.78, 5) is 3.02. The van der Waals surface area contributed by atoms with Crippen LogP contribution in [-0.4, -0.2) is 51.0 Å². The normalized spacial score (nSPS) is 15.9. The van der Waals surface area contributed by atoms with Crippen molar-refractivity contribution in [3.63, 3.8) is 0 Å². The van der Waals surface area contributed by atoms with E-state index in [0.717, 1.165) is 42.1 Å². The number of halogens is 1. The lowest BCUT2D eigenvalue weighted by Gasteiger charge is -2.25. The summed E-state index contributed by atoms with van der Waals surface area (Å²) in [6.07, 6.45) is 0. The summed E-state index contributed by atoms with van der Waals surface area (Å²) in [5.74, 6) is 1.14. The van der Waals surface area contributed by atoms with E-state index in [1.807, 2.05) is 0 Å². The van der Waals surface area contributed by atoms with E-state index < -0.39 is 0 Å². The van der Waals surface area contributed by atoms with Crippen LogP contribution in [0, 0.1) is 5.82 Å². The minimum atomic E-state index is -0.283. The van der Waals surface area contributed by atoms with E-state index in [0.29, 0.717) is 18.9 Å². The fourth-order valence-corrected chi connectivity index (χ4v) is 3.25. The number of rotatable bonds is 5. The van der Waals surface area contributed by atoms with Crippen LogP contribution in [0.3, 0.4) is 0 Å². The van der Waals surface area contributed by atoms with Crippen LogP contribution in [0.2, 0.25) is 0 Å². The molecule has 0 aliphatic carbocycles. The summed E-state index contributed by atoms with van der Waals surface area (Å²) < 4.78 is 25.6. The van der Waals surface area contributed by atoms with E-state index >= 15 is 0 Å². The number of aromatic nitrogens is 4. The lowest BCUT2D eigenvalue weighted by Crippen LogP contribution is -2.36. The summed E-state index contributed by atoms with van der Waals surface area (Å²) in [6, 6.07) is 5.93. The molecule has 0 unspecified atom stereocenters. The summed E-state index contributed by atoms with van der Waals surface area (Å²) in [5.41, 5.74) is 0. The number of ether oxygens (including phenoxy) is 2. The molecule has 0 radical (unpaired) electrons. The number of benzene rings is 1. The predicted octanol–water partition coefficient (Wildman–Crippen LogP) is 1.74. The number of hydrogen-bond acceptors (Lipinski definition) is 7. The molecule has 1 aliphatic heterocycles. The first-order chi connectivity index (χ1) is 11.8. The minimum Gasteiger partial charge on any atom is -0.486 e. The molecule has 3 heterocycles. The van der Waals surface area contributed by atoms with Crippen LogP contribution in [0.5, 0.6) is 5.75 Å². The lowest BCUT2D eigenvalue weighted by molar-refractivity contribution is 0.0328. The van der Waals surface area contributed by atoms with E-state index in [-0.39, 0.29) is 5.82 Å². The van der Waals surface area contributed by atoms with Crippen LogP contribution in [-0.2, 0) is 17.9 Å². The Kier molecular flexibility index (Phi) is 4.37. The van der Waals surface area contributed by atoms with Gasteiger partial charge in [-0.05, 0) is 24.3 Å². The summed E-state index contributed by atoms with van der Waals surface area (Å²) >= 11 is 1.44. The number of nitrogens with zero attached hydrogens (tertiary/aromatic N) is 5. The smallest absolute Gasteiger partial charge is 0.234 e. The van der Waals surface area contributed by atoms with Crippen LogP contribution < -0.4 is 4.74 Å². The predicted molar refractivity (Wildman–Crippen MR) is 85.5 cm³/mol. The standard InChI is InChI=1S/C15H16FN5O2S/c16-11-1-3-12(4-2-11)23-10-14-19-21-13(17-18-15(21)24-14)9-20-5-7-22-8-6-20/h1-4H,5-10H2. The number of morpholine rings is 1. The first-order valence-electron chi connectivity index (χ1n) is 7.66. The van der Waals surface area contributed by atoms with Crippen molar-refractivity contribution in [1.82, 2.24) is 24.7 Å². The van der Waals surface area contributed by atoms with Crippen molar-refractivity contribution in [1.29, 1.82) is 0 Å². The molecule has 4 rings (SSSR count). The van der Waals surface area contributed by atoms with Crippen molar-refractivity contribution in [2.45, 2.75) is 13.2 Å². The van der Waals surface area contributed by atoms with Crippen LogP contribution in [0.15, 0.2) is 24.3 Å². The fraction of sp³-hybridized carbons (Fsp3) is 0.400. The maximum atomic E-state index is 12.9. The van der Waals surface area contributed by atoms with Crippen LogP contribution in [0.1, 0.15) is 10.8 Å². The average molecular weight is 349 g/mol. The van der Waals surface area contributed by atoms with Crippen LogP contribution >= 0.6 is 11.3 Å². The first kappa shape index (κ1) is 15.4. The van der Waals surface area contributed by atoms with E-state index in [4.69, 9.17) is 9.47 Å². The van der Waals surface area contributed by atoms with Gasteiger partial charge in [0, 0.05) is 13.1 Å². The molecular weight excluding hydrogens is 333 g/mol. The molecule has 9 heteroatoms. The lowest BCUT2D eigenvalue weighted by atomic mass is 10.3. The van der Waals surface area contributed by atoms with Crippen LogP contribution in [0.4, 0.5) is 4.39 Å². The average Bonchev–Trinajstić information content (AvgIpc) is 3.17. The van der Waals surface area contributed by atoms with Crippen molar-refractivity contribution in [3.8, 4) is 5.75 Å². The molecule has 1 fully saturated rings. The Morgan fingerprint density at radius 1 is 1.17 bits per heavy atom. The zero-order chi connectivity index (χ0) is 16.4. The maximum Gasteiger partial charge on any atom is 0.234 e. The molecule has 126 valence electrons. The molecule has 1 aliphatic rings. The van der Waals surface area contributed by atoms with Crippen molar-refractivity contribution >= 4 is 16.3 Å². The molecule has 7 nitrogen and oxygen atoms in total. The van der Waals surface area contributed by atoms with Crippen molar-refractivity contribution in [3.05, 3.63) is 40.9 Å². The van der Waals surface area contributed by atoms with Crippen molar-refractivity contribution < 1.29 is 13.9 Å². The second-order valence-electron chi connectivity index (χ2n) is 5.44. The molecular formula is C15H16FN5O2S. The first-order valence-corrected chi connectivity index (χ1v) is 8.48. The molecule has 0 N–H and O–H groups in total. The quantitative estimate of drug-likeness (QED) is 0.699. The SMILES string of the molecule is Fc1ccc(OCc2nn3c(CN4CCOCC4)nnc3s2)cc1. The van der Waals surface area contributed by atoms with Gasteiger partial charge >= 0.3 is 0 Å². The van der Waals surface area contributed by atoms with Gasteiger partial charge in [0.15, 0.2) is 10.8 Å². The molecule has 24 heavy (non-hydrogen) atoms. The third-order valence-electron chi connectivity index (χ3n) is 3.74. The monoisotopic (exact) mass is 349 g/mol. The maximum absolute atomic E-state index is 12.9. The highest BCUT2D eigenvalue weighted by atomic mass is 32.1. The van der Waals surface area contributed by atoms with Gasteiger partial charge in [-0.1, -0.05) is 11.3 Å². The van der Waals surface area contributed by atoms with Gasteiger partial charge in [0.1, 0.15) is 18.2 Å². The topological polar surface area (TPSA) is 64.8 Å². The molecule has 0 atom stereocenters. The van der Waals surface area contributed by atoms with Gasteiger partial charge in [-0.25, -0.2) is 4.39 Å². The largest absolute Gasteiger partial charge is 0.486 e. The Labute approximate surface area is 141 Å². The molecule has 0 bridgehead atoms. The summed E-state index contributed by atoms with van der Waals surface area (Å²) in [7, 11) is 0.